The van der Waals surface area contributed by atoms with Gasteiger partial charge in [-0.15, -0.1) is 22.7 Å². The Labute approximate surface area is 108 Å². The second kappa shape index (κ2) is 4.17. The summed E-state index contributed by atoms with van der Waals surface area (Å²) < 4.78 is 2.53. The minimum atomic E-state index is -0.386. The quantitative estimate of drug-likeness (QED) is 0.785. The van der Waals surface area contributed by atoms with Crippen LogP contribution in [0.3, 0.4) is 0 Å². The van der Waals surface area contributed by atoms with Gasteiger partial charge in [-0.05, 0) is 22.9 Å². The monoisotopic (exact) mass is 282 g/mol. The molecule has 86 valence electrons. The highest BCUT2D eigenvalue weighted by molar-refractivity contribution is 7.99. The van der Waals surface area contributed by atoms with Crippen molar-refractivity contribution in [1.29, 1.82) is 0 Å². The number of aromatic nitrogens is 2. The zero-order valence-corrected chi connectivity index (χ0v) is 10.8. The van der Waals surface area contributed by atoms with Crippen molar-refractivity contribution in [3.05, 3.63) is 49.8 Å². The Kier molecular flexibility index (Phi) is 2.65. The number of hydrogen-bond acceptors (Lipinski definition) is 5. The van der Waals surface area contributed by atoms with Crippen LogP contribution in [0, 0.1) is 0 Å². The molecular weight excluding hydrogens is 276 g/mol. The van der Waals surface area contributed by atoms with E-state index < -0.39 is 0 Å². The van der Waals surface area contributed by atoms with Crippen LogP contribution in [0.4, 0.5) is 0 Å². The van der Waals surface area contributed by atoms with Crippen LogP contribution in [-0.4, -0.2) is 8.96 Å². The summed E-state index contributed by atoms with van der Waals surface area (Å²) in [5.41, 5.74) is -0.711. The summed E-state index contributed by atoms with van der Waals surface area (Å²) in [6.07, 6.45) is 0. The van der Waals surface area contributed by atoms with Gasteiger partial charge in [-0.25, -0.2) is 8.77 Å². The maximum absolute atomic E-state index is 11.8. The van der Waals surface area contributed by atoms with Gasteiger partial charge in [0.1, 0.15) is 4.83 Å². The molecule has 3 rings (SSSR count). The number of hydrogen-bond donors (Lipinski definition) is 1. The van der Waals surface area contributed by atoms with Gasteiger partial charge in [-0.3, -0.25) is 9.78 Å². The Morgan fingerprint density at radius 1 is 1.18 bits per heavy atom. The van der Waals surface area contributed by atoms with E-state index in [9.17, 15) is 9.59 Å². The molecule has 0 amide bonds. The lowest BCUT2D eigenvalue weighted by atomic mass is 10.4. The van der Waals surface area contributed by atoms with Crippen molar-refractivity contribution >= 4 is 44.8 Å². The molecular formula is C10H6N2O2S3. The van der Waals surface area contributed by atoms with Crippen molar-refractivity contribution in [3.63, 3.8) is 0 Å². The third kappa shape index (κ3) is 1.86. The number of H-pyrrole nitrogens is 1. The SMILES string of the molecule is O=c1[nH]c(=O)n(Sc2cccs2)c2sccc12. The first kappa shape index (κ1) is 10.8. The predicted molar refractivity (Wildman–Crippen MR) is 72.3 cm³/mol. The maximum atomic E-state index is 11.8. The molecule has 7 heteroatoms. The summed E-state index contributed by atoms with van der Waals surface area (Å²) in [5.74, 6) is 0. The highest BCUT2D eigenvalue weighted by Gasteiger charge is 2.10. The van der Waals surface area contributed by atoms with Gasteiger partial charge in [-0.1, -0.05) is 6.07 Å². The van der Waals surface area contributed by atoms with Gasteiger partial charge in [0.2, 0.25) is 0 Å². The molecule has 0 fully saturated rings. The maximum Gasteiger partial charge on any atom is 0.340 e. The standard InChI is InChI=1S/C10H6N2O2S3/c13-8-6-3-5-16-9(6)12(10(14)11-8)17-7-2-1-4-15-7/h1-5H,(H,11,13,14). The summed E-state index contributed by atoms with van der Waals surface area (Å²) in [7, 11) is 0. The van der Waals surface area contributed by atoms with E-state index in [-0.39, 0.29) is 11.2 Å². The Morgan fingerprint density at radius 2 is 2.06 bits per heavy atom. The number of thiophene rings is 2. The Bertz CT molecular complexity index is 767. The van der Waals surface area contributed by atoms with Gasteiger partial charge >= 0.3 is 5.69 Å². The van der Waals surface area contributed by atoms with Crippen LogP contribution >= 0.6 is 34.6 Å². The number of aromatic amines is 1. The summed E-state index contributed by atoms with van der Waals surface area (Å²) in [6, 6.07) is 5.59. The van der Waals surface area contributed by atoms with Crippen LogP contribution in [0.1, 0.15) is 0 Å². The van der Waals surface area contributed by atoms with Gasteiger partial charge in [0, 0.05) is 11.9 Å². The van der Waals surface area contributed by atoms with Gasteiger partial charge < -0.3 is 0 Å². The summed E-state index contributed by atoms with van der Waals surface area (Å²) in [4.78, 5) is 26.3. The molecule has 4 nitrogen and oxygen atoms in total. The van der Waals surface area contributed by atoms with Gasteiger partial charge in [0.25, 0.3) is 5.56 Å². The highest BCUT2D eigenvalue weighted by Crippen LogP contribution is 2.27. The molecule has 3 heterocycles. The molecule has 3 aromatic rings. The lowest BCUT2D eigenvalue weighted by molar-refractivity contribution is 1.04. The van der Waals surface area contributed by atoms with E-state index in [0.29, 0.717) is 10.2 Å². The largest absolute Gasteiger partial charge is 0.340 e. The second-order valence-electron chi connectivity index (χ2n) is 3.22. The molecule has 0 bridgehead atoms. The Morgan fingerprint density at radius 3 is 2.82 bits per heavy atom. The summed E-state index contributed by atoms with van der Waals surface area (Å²) >= 11 is 4.28. The van der Waals surface area contributed by atoms with Crippen molar-refractivity contribution in [2.75, 3.05) is 0 Å². The molecule has 0 aliphatic carbocycles. The minimum absolute atomic E-state index is 0.325. The molecule has 1 N–H and O–H groups in total. The number of rotatable bonds is 2. The van der Waals surface area contributed by atoms with Crippen molar-refractivity contribution in [1.82, 2.24) is 8.96 Å². The first-order valence-electron chi connectivity index (χ1n) is 4.70. The number of nitrogens with one attached hydrogen (secondary N) is 1. The molecule has 0 spiro atoms. The predicted octanol–water partition coefficient (Wildman–Crippen LogP) is 2.37. The van der Waals surface area contributed by atoms with Gasteiger partial charge in [-0.2, -0.15) is 0 Å². The van der Waals surface area contributed by atoms with E-state index in [4.69, 9.17) is 0 Å². The average Bonchev–Trinajstić information content (AvgIpc) is 2.95. The number of nitrogens with zero attached hydrogens (tertiary/aromatic N) is 1. The van der Waals surface area contributed by atoms with Crippen LogP contribution in [0.5, 0.6) is 0 Å². The Hall–Kier alpha value is -1.31. The molecule has 0 atom stereocenters. The van der Waals surface area contributed by atoms with Crippen LogP contribution in [0.15, 0.2) is 42.8 Å². The first-order chi connectivity index (χ1) is 8.25. The molecule has 0 saturated heterocycles. The molecule has 0 aliphatic heterocycles. The number of fused-ring (bicyclic) bond motifs is 1. The van der Waals surface area contributed by atoms with Crippen molar-refractivity contribution in [2.45, 2.75) is 4.21 Å². The third-order valence-electron chi connectivity index (χ3n) is 2.16. The van der Waals surface area contributed by atoms with E-state index in [0.717, 1.165) is 4.21 Å². The molecule has 17 heavy (non-hydrogen) atoms. The summed E-state index contributed by atoms with van der Waals surface area (Å²) in [5, 5.41) is 4.31. The zero-order chi connectivity index (χ0) is 11.8. The van der Waals surface area contributed by atoms with Crippen LogP contribution in [0.25, 0.3) is 10.2 Å². The fraction of sp³-hybridized carbons (Fsp3) is 0. The summed E-state index contributed by atoms with van der Waals surface area (Å²) in [6.45, 7) is 0. The van der Waals surface area contributed by atoms with E-state index in [1.54, 1.807) is 17.4 Å². The topological polar surface area (TPSA) is 54.9 Å². The molecule has 0 unspecified atom stereocenters. The lowest BCUT2D eigenvalue weighted by Gasteiger charge is -2.02. The van der Waals surface area contributed by atoms with Crippen LogP contribution in [-0.2, 0) is 0 Å². The van der Waals surface area contributed by atoms with Crippen LogP contribution < -0.4 is 11.2 Å². The Balaban J connectivity index is 2.25. The van der Waals surface area contributed by atoms with E-state index in [2.05, 4.69) is 4.98 Å². The van der Waals surface area contributed by atoms with Crippen molar-refractivity contribution < 1.29 is 0 Å². The van der Waals surface area contributed by atoms with Gasteiger partial charge in [0.15, 0.2) is 0 Å². The second-order valence-corrected chi connectivity index (χ2v) is 6.30. The molecule has 0 radical (unpaired) electrons. The van der Waals surface area contributed by atoms with E-state index in [1.165, 1.54) is 27.3 Å². The molecule has 0 aliphatic rings. The van der Waals surface area contributed by atoms with E-state index in [1.807, 2.05) is 22.9 Å². The normalized spacial score (nSPS) is 11.1. The van der Waals surface area contributed by atoms with Crippen LogP contribution in [0.2, 0.25) is 0 Å². The fourth-order valence-corrected chi connectivity index (χ4v) is 4.11. The van der Waals surface area contributed by atoms with Crippen molar-refractivity contribution in [2.24, 2.45) is 0 Å². The first-order valence-corrected chi connectivity index (χ1v) is 7.23. The van der Waals surface area contributed by atoms with Crippen molar-refractivity contribution in [3.8, 4) is 0 Å². The van der Waals surface area contributed by atoms with E-state index >= 15 is 0 Å². The zero-order valence-electron chi connectivity index (χ0n) is 8.38. The molecule has 0 saturated carbocycles. The highest BCUT2D eigenvalue weighted by atomic mass is 32.2. The average molecular weight is 282 g/mol. The molecule has 0 aromatic carbocycles. The minimum Gasteiger partial charge on any atom is -0.273 e. The smallest absolute Gasteiger partial charge is 0.273 e. The fourth-order valence-electron chi connectivity index (χ4n) is 1.43. The molecule has 3 aromatic heterocycles. The van der Waals surface area contributed by atoms with Gasteiger partial charge in [0.05, 0.1) is 9.60 Å². The third-order valence-corrected chi connectivity index (χ3v) is 5.19. The lowest BCUT2D eigenvalue weighted by Crippen LogP contribution is -2.26.